The van der Waals surface area contributed by atoms with E-state index < -0.39 is 30.4 Å². The van der Waals surface area contributed by atoms with Gasteiger partial charge in [0.15, 0.2) is 23.8 Å². The van der Waals surface area contributed by atoms with Crippen LogP contribution in [-0.4, -0.2) is 66.8 Å². The molecule has 0 spiro atoms. The molecule has 1 fully saturated rings. The predicted octanol–water partition coefficient (Wildman–Crippen LogP) is -2.66. The van der Waals surface area contributed by atoms with Crippen LogP contribution in [0.3, 0.4) is 0 Å². The molecule has 23 heavy (non-hydrogen) atoms. The quantitative estimate of drug-likeness (QED) is 0.439. The molecule has 0 bridgehead atoms. The highest BCUT2D eigenvalue weighted by Gasteiger charge is 2.47. The number of imidazole rings is 1. The van der Waals surface area contributed by atoms with Gasteiger partial charge >= 0.3 is 0 Å². The standard InChI is InChI=1S/C12H14N6O5/c13-9-5-10(16-3-15-9)18(4-17-5)12-7(21)6(20)8(23-12)11(22)14-1-2-19/h2-4,6-8,12,20-21H,1H2,(H,14,22)(H2,13,15,16)/t6-,7+,8-,12+/m0/s1. The van der Waals surface area contributed by atoms with Crippen LogP contribution in [-0.2, 0) is 14.3 Å². The smallest absolute Gasteiger partial charge is 0.252 e. The number of fused-ring (bicyclic) bond motifs is 1. The number of hydrogen-bond donors (Lipinski definition) is 4. The molecule has 1 saturated heterocycles. The number of hydrogen-bond acceptors (Lipinski definition) is 9. The number of nitrogens with one attached hydrogen (secondary N) is 1. The molecule has 11 heteroatoms. The SMILES string of the molecule is Nc1ncnc2c1ncn2[C@@H]1O[C@H](C(=O)NCC=O)[C@@H](O)[C@H]1O. The van der Waals surface area contributed by atoms with E-state index in [0.29, 0.717) is 17.5 Å². The monoisotopic (exact) mass is 322 g/mol. The maximum atomic E-state index is 11.9. The van der Waals surface area contributed by atoms with Crippen LogP contribution in [0.1, 0.15) is 6.23 Å². The van der Waals surface area contributed by atoms with E-state index in [0.717, 1.165) is 0 Å². The first-order valence-corrected chi connectivity index (χ1v) is 6.70. The van der Waals surface area contributed by atoms with Crippen molar-refractivity contribution in [3.05, 3.63) is 12.7 Å². The van der Waals surface area contributed by atoms with Crippen LogP contribution in [0.15, 0.2) is 12.7 Å². The number of aromatic nitrogens is 4. The zero-order chi connectivity index (χ0) is 16.6. The van der Waals surface area contributed by atoms with Crippen LogP contribution in [0, 0.1) is 0 Å². The number of aldehydes is 1. The number of nitrogen functional groups attached to an aromatic ring is 1. The lowest BCUT2D eigenvalue weighted by Crippen LogP contribution is -2.43. The number of nitrogens with two attached hydrogens (primary N) is 1. The van der Waals surface area contributed by atoms with Crippen molar-refractivity contribution in [3.8, 4) is 0 Å². The van der Waals surface area contributed by atoms with E-state index in [1.54, 1.807) is 0 Å². The largest absolute Gasteiger partial charge is 0.387 e. The van der Waals surface area contributed by atoms with E-state index in [1.165, 1.54) is 17.2 Å². The number of aliphatic hydroxyl groups excluding tert-OH is 2. The first kappa shape index (κ1) is 15.3. The van der Waals surface area contributed by atoms with Gasteiger partial charge in [0.1, 0.15) is 30.3 Å². The van der Waals surface area contributed by atoms with E-state index in [9.17, 15) is 19.8 Å². The first-order chi connectivity index (χ1) is 11.0. The highest BCUT2D eigenvalue weighted by molar-refractivity contribution is 5.84. The molecule has 0 aromatic carbocycles. The second-order valence-electron chi connectivity index (χ2n) is 4.92. The van der Waals surface area contributed by atoms with Crippen LogP contribution >= 0.6 is 0 Å². The van der Waals surface area contributed by atoms with E-state index in [4.69, 9.17) is 10.5 Å². The van der Waals surface area contributed by atoms with Gasteiger partial charge in [-0.15, -0.1) is 0 Å². The van der Waals surface area contributed by atoms with E-state index in [1.807, 2.05) is 0 Å². The summed E-state index contributed by atoms with van der Waals surface area (Å²) >= 11 is 0. The summed E-state index contributed by atoms with van der Waals surface area (Å²) in [7, 11) is 0. The summed E-state index contributed by atoms with van der Waals surface area (Å²) < 4.78 is 6.79. The van der Waals surface area contributed by atoms with Gasteiger partial charge in [-0.05, 0) is 0 Å². The predicted molar refractivity (Wildman–Crippen MR) is 74.7 cm³/mol. The number of amides is 1. The zero-order valence-electron chi connectivity index (χ0n) is 11.7. The molecule has 1 aliphatic heterocycles. The van der Waals surface area contributed by atoms with Gasteiger partial charge < -0.3 is 30.8 Å². The molecule has 0 unspecified atom stereocenters. The first-order valence-electron chi connectivity index (χ1n) is 6.70. The molecule has 3 heterocycles. The van der Waals surface area contributed by atoms with Crippen LogP contribution < -0.4 is 11.1 Å². The Morgan fingerprint density at radius 3 is 2.91 bits per heavy atom. The van der Waals surface area contributed by atoms with Gasteiger partial charge in [0.05, 0.1) is 12.9 Å². The minimum Gasteiger partial charge on any atom is -0.387 e. The second-order valence-corrected chi connectivity index (χ2v) is 4.92. The molecule has 2 aromatic heterocycles. The molecule has 0 radical (unpaired) electrons. The molecule has 122 valence electrons. The van der Waals surface area contributed by atoms with Crippen molar-refractivity contribution in [1.29, 1.82) is 0 Å². The lowest BCUT2D eigenvalue weighted by atomic mass is 10.1. The maximum absolute atomic E-state index is 11.9. The third kappa shape index (κ3) is 2.50. The van der Waals surface area contributed by atoms with Crippen LogP contribution in [0.4, 0.5) is 5.82 Å². The van der Waals surface area contributed by atoms with Crippen LogP contribution in [0.2, 0.25) is 0 Å². The molecule has 11 nitrogen and oxygen atoms in total. The Bertz CT molecular complexity index is 749. The Labute approximate surface area is 129 Å². The molecule has 0 aliphatic carbocycles. The van der Waals surface area contributed by atoms with Crippen molar-refractivity contribution < 1.29 is 24.5 Å². The van der Waals surface area contributed by atoms with Crippen LogP contribution in [0.25, 0.3) is 11.2 Å². The summed E-state index contributed by atoms with van der Waals surface area (Å²) in [5, 5.41) is 22.4. The van der Waals surface area contributed by atoms with Gasteiger partial charge in [0.25, 0.3) is 5.91 Å². The minimum atomic E-state index is -1.47. The molecular weight excluding hydrogens is 308 g/mol. The van der Waals surface area contributed by atoms with Gasteiger partial charge in [-0.25, -0.2) is 15.0 Å². The summed E-state index contributed by atoms with van der Waals surface area (Å²) in [6, 6.07) is 0. The summed E-state index contributed by atoms with van der Waals surface area (Å²) in [6.07, 6.45) is -2.23. The Morgan fingerprint density at radius 1 is 1.39 bits per heavy atom. The maximum Gasteiger partial charge on any atom is 0.252 e. The molecule has 0 saturated carbocycles. The zero-order valence-corrected chi connectivity index (χ0v) is 11.7. The van der Waals surface area contributed by atoms with Gasteiger partial charge in [0, 0.05) is 0 Å². The van der Waals surface area contributed by atoms with Gasteiger partial charge in [-0.2, -0.15) is 0 Å². The van der Waals surface area contributed by atoms with Gasteiger partial charge in [0.2, 0.25) is 0 Å². The van der Waals surface area contributed by atoms with Crippen molar-refractivity contribution in [2.45, 2.75) is 24.5 Å². The summed E-state index contributed by atoms with van der Waals surface area (Å²) in [4.78, 5) is 34.0. The van der Waals surface area contributed by atoms with E-state index >= 15 is 0 Å². The fraction of sp³-hybridized carbons (Fsp3) is 0.417. The van der Waals surface area contributed by atoms with Crippen molar-refractivity contribution in [3.63, 3.8) is 0 Å². The van der Waals surface area contributed by atoms with E-state index in [2.05, 4.69) is 20.3 Å². The van der Waals surface area contributed by atoms with Crippen molar-refractivity contribution >= 4 is 29.2 Å². The third-order valence-electron chi connectivity index (χ3n) is 3.52. The Kier molecular flexibility index (Phi) is 3.90. The average Bonchev–Trinajstić information content (AvgIpc) is 3.09. The molecule has 1 aliphatic rings. The molecule has 2 aromatic rings. The number of aliphatic hydroxyl groups is 2. The molecule has 4 atom stereocenters. The number of rotatable bonds is 4. The number of carbonyl (C=O) groups excluding carboxylic acids is 2. The Hall–Kier alpha value is -2.63. The lowest BCUT2D eigenvalue weighted by molar-refractivity contribution is -0.138. The van der Waals surface area contributed by atoms with Crippen LogP contribution in [0.5, 0.6) is 0 Å². The van der Waals surface area contributed by atoms with Gasteiger partial charge in [-0.3, -0.25) is 9.36 Å². The number of nitrogens with zero attached hydrogens (tertiary/aromatic N) is 4. The highest BCUT2D eigenvalue weighted by Crippen LogP contribution is 2.31. The number of carbonyl (C=O) groups is 2. The fourth-order valence-corrected chi connectivity index (χ4v) is 2.41. The second kappa shape index (κ2) is 5.87. The molecule has 3 rings (SSSR count). The fourth-order valence-electron chi connectivity index (χ4n) is 2.41. The third-order valence-corrected chi connectivity index (χ3v) is 3.52. The summed E-state index contributed by atoms with van der Waals surface area (Å²) in [5.74, 6) is -0.549. The number of ether oxygens (including phenoxy) is 1. The number of anilines is 1. The Balaban J connectivity index is 1.89. The highest BCUT2D eigenvalue weighted by atomic mass is 16.6. The van der Waals surface area contributed by atoms with Crippen molar-refractivity contribution in [2.24, 2.45) is 0 Å². The molecular formula is C12H14N6O5. The van der Waals surface area contributed by atoms with E-state index in [-0.39, 0.29) is 12.4 Å². The Morgan fingerprint density at radius 2 is 2.17 bits per heavy atom. The van der Waals surface area contributed by atoms with Crippen molar-refractivity contribution in [1.82, 2.24) is 24.8 Å². The summed E-state index contributed by atoms with van der Waals surface area (Å²) in [5.41, 5.74) is 6.29. The topological polar surface area (TPSA) is 165 Å². The molecule has 1 amide bonds. The lowest BCUT2D eigenvalue weighted by Gasteiger charge is -2.16. The molecule has 5 N–H and O–H groups in total. The average molecular weight is 322 g/mol. The van der Waals surface area contributed by atoms with Gasteiger partial charge in [-0.1, -0.05) is 0 Å². The minimum absolute atomic E-state index is 0.155. The summed E-state index contributed by atoms with van der Waals surface area (Å²) in [6.45, 7) is -0.218. The normalized spacial score (nSPS) is 27.2. The van der Waals surface area contributed by atoms with Crippen molar-refractivity contribution in [2.75, 3.05) is 12.3 Å².